The fourth-order valence-electron chi connectivity index (χ4n) is 2.16. The van der Waals surface area contributed by atoms with Crippen LogP contribution in [0, 0.1) is 0 Å². The van der Waals surface area contributed by atoms with Crippen molar-refractivity contribution in [1.82, 2.24) is 10.0 Å². The Morgan fingerprint density at radius 2 is 2.44 bits per heavy atom. The molecule has 1 aromatic heterocycles. The zero-order valence-electron chi connectivity index (χ0n) is 9.93. The molecule has 16 heavy (non-hydrogen) atoms. The van der Waals surface area contributed by atoms with Gasteiger partial charge >= 0.3 is 0 Å². The standard InChI is InChI=1S/C13H20N2O/c1-2-3-4-9-15-13(7-10-16-15)12-6-5-8-14-11-12/h5-6,8,11,13H,2-4,7,9-10H2,1H3. The monoisotopic (exact) mass is 220 g/mol. The number of aromatic nitrogens is 1. The van der Waals surface area contributed by atoms with Crippen molar-refractivity contribution in [2.45, 2.75) is 38.6 Å². The second-order valence-electron chi connectivity index (χ2n) is 4.27. The third-order valence-corrected chi connectivity index (χ3v) is 3.05. The van der Waals surface area contributed by atoms with Gasteiger partial charge < -0.3 is 0 Å². The van der Waals surface area contributed by atoms with Gasteiger partial charge in [0.05, 0.1) is 12.6 Å². The molecule has 1 fully saturated rings. The van der Waals surface area contributed by atoms with E-state index in [0.29, 0.717) is 6.04 Å². The van der Waals surface area contributed by atoms with Crippen LogP contribution in [0.15, 0.2) is 24.5 Å². The average molecular weight is 220 g/mol. The highest BCUT2D eigenvalue weighted by Crippen LogP contribution is 2.29. The van der Waals surface area contributed by atoms with Crippen molar-refractivity contribution in [3.05, 3.63) is 30.1 Å². The van der Waals surface area contributed by atoms with Crippen molar-refractivity contribution in [2.24, 2.45) is 0 Å². The highest BCUT2D eigenvalue weighted by molar-refractivity contribution is 5.14. The molecule has 0 spiro atoms. The first-order valence-corrected chi connectivity index (χ1v) is 6.21. The second-order valence-corrected chi connectivity index (χ2v) is 4.27. The molecular formula is C13H20N2O. The lowest BCUT2D eigenvalue weighted by Gasteiger charge is -2.22. The number of pyridine rings is 1. The summed E-state index contributed by atoms with van der Waals surface area (Å²) in [5, 5.41) is 2.13. The summed E-state index contributed by atoms with van der Waals surface area (Å²) in [6.45, 7) is 4.10. The molecule has 88 valence electrons. The van der Waals surface area contributed by atoms with Crippen LogP contribution in [-0.2, 0) is 4.84 Å². The molecule has 0 radical (unpaired) electrons. The summed E-state index contributed by atoms with van der Waals surface area (Å²) in [5.41, 5.74) is 1.27. The van der Waals surface area contributed by atoms with E-state index in [4.69, 9.17) is 4.84 Å². The molecule has 0 saturated carbocycles. The quantitative estimate of drug-likeness (QED) is 0.713. The Hall–Kier alpha value is -0.930. The molecule has 0 bridgehead atoms. The minimum Gasteiger partial charge on any atom is -0.298 e. The Balaban J connectivity index is 1.93. The number of unbranched alkanes of at least 4 members (excludes halogenated alkanes) is 2. The fraction of sp³-hybridized carbons (Fsp3) is 0.615. The zero-order valence-corrected chi connectivity index (χ0v) is 9.93. The summed E-state index contributed by atoms with van der Waals surface area (Å²) < 4.78 is 0. The number of hydrogen-bond acceptors (Lipinski definition) is 3. The van der Waals surface area contributed by atoms with E-state index < -0.39 is 0 Å². The van der Waals surface area contributed by atoms with Crippen molar-refractivity contribution in [3.63, 3.8) is 0 Å². The van der Waals surface area contributed by atoms with Crippen molar-refractivity contribution < 1.29 is 4.84 Å². The van der Waals surface area contributed by atoms with Crippen LogP contribution in [0.4, 0.5) is 0 Å². The fourth-order valence-corrected chi connectivity index (χ4v) is 2.16. The van der Waals surface area contributed by atoms with Gasteiger partial charge in [-0.2, -0.15) is 5.06 Å². The van der Waals surface area contributed by atoms with Gasteiger partial charge in [-0.3, -0.25) is 9.82 Å². The molecule has 3 nitrogen and oxygen atoms in total. The predicted molar refractivity (Wildman–Crippen MR) is 63.8 cm³/mol. The summed E-state index contributed by atoms with van der Waals surface area (Å²) >= 11 is 0. The van der Waals surface area contributed by atoms with Crippen molar-refractivity contribution in [3.8, 4) is 0 Å². The minimum atomic E-state index is 0.408. The summed E-state index contributed by atoms with van der Waals surface area (Å²) in [6, 6.07) is 4.54. The normalized spacial score (nSPS) is 21.4. The molecule has 2 rings (SSSR count). The molecule has 0 aromatic carbocycles. The Morgan fingerprint density at radius 3 is 3.19 bits per heavy atom. The van der Waals surface area contributed by atoms with Crippen LogP contribution in [0.1, 0.15) is 44.2 Å². The summed E-state index contributed by atoms with van der Waals surface area (Å²) in [7, 11) is 0. The van der Waals surface area contributed by atoms with Gasteiger partial charge in [0.25, 0.3) is 0 Å². The molecule has 0 aliphatic carbocycles. The lowest BCUT2D eigenvalue weighted by Crippen LogP contribution is -2.23. The van der Waals surface area contributed by atoms with Gasteiger partial charge in [-0.25, -0.2) is 0 Å². The van der Waals surface area contributed by atoms with Gasteiger partial charge in [0, 0.05) is 18.9 Å². The van der Waals surface area contributed by atoms with E-state index >= 15 is 0 Å². The van der Waals surface area contributed by atoms with Gasteiger partial charge in [0.1, 0.15) is 0 Å². The maximum atomic E-state index is 5.67. The molecule has 2 heterocycles. The SMILES string of the molecule is CCCCCN1OCCC1c1cccnc1. The first kappa shape index (κ1) is 11.6. The summed E-state index contributed by atoms with van der Waals surface area (Å²) in [6.07, 6.45) is 8.60. The lowest BCUT2D eigenvalue weighted by molar-refractivity contribution is -0.133. The number of hydrogen-bond donors (Lipinski definition) is 0. The molecule has 3 heteroatoms. The van der Waals surface area contributed by atoms with Gasteiger partial charge in [-0.15, -0.1) is 0 Å². The van der Waals surface area contributed by atoms with Crippen molar-refractivity contribution >= 4 is 0 Å². The zero-order chi connectivity index (χ0) is 11.2. The number of rotatable bonds is 5. The molecular weight excluding hydrogens is 200 g/mol. The largest absolute Gasteiger partial charge is 0.298 e. The second kappa shape index (κ2) is 5.97. The minimum absolute atomic E-state index is 0.408. The number of hydroxylamine groups is 2. The molecule has 1 aromatic rings. The van der Waals surface area contributed by atoms with E-state index in [1.807, 2.05) is 18.5 Å². The van der Waals surface area contributed by atoms with E-state index in [-0.39, 0.29) is 0 Å². The molecule has 0 N–H and O–H groups in total. The molecule has 1 atom stereocenters. The van der Waals surface area contributed by atoms with E-state index in [1.165, 1.54) is 24.8 Å². The molecule has 1 aliphatic rings. The van der Waals surface area contributed by atoms with Crippen LogP contribution in [-0.4, -0.2) is 23.2 Å². The third kappa shape index (κ3) is 2.80. The van der Waals surface area contributed by atoms with E-state index in [2.05, 4.69) is 23.0 Å². The van der Waals surface area contributed by atoms with Gasteiger partial charge in [0.2, 0.25) is 0 Å². The highest BCUT2D eigenvalue weighted by atomic mass is 16.7. The molecule has 1 saturated heterocycles. The maximum absolute atomic E-state index is 5.67. The average Bonchev–Trinajstić information content (AvgIpc) is 2.79. The molecule has 1 unspecified atom stereocenters. The number of nitrogens with zero attached hydrogens (tertiary/aromatic N) is 2. The van der Waals surface area contributed by atoms with Gasteiger partial charge in [0.15, 0.2) is 0 Å². The molecule has 1 aliphatic heterocycles. The predicted octanol–water partition coefficient (Wildman–Crippen LogP) is 2.95. The van der Waals surface area contributed by atoms with Crippen LogP contribution in [0.25, 0.3) is 0 Å². The first-order chi connectivity index (χ1) is 7.92. The van der Waals surface area contributed by atoms with Crippen LogP contribution in [0.5, 0.6) is 0 Å². The summed E-state index contributed by atoms with van der Waals surface area (Å²) in [4.78, 5) is 9.85. The lowest BCUT2D eigenvalue weighted by atomic mass is 10.1. The van der Waals surface area contributed by atoms with Gasteiger partial charge in [-0.05, 0) is 24.5 Å². The van der Waals surface area contributed by atoms with Crippen LogP contribution >= 0.6 is 0 Å². The smallest absolute Gasteiger partial charge is 0.0704 e. The Morgan fingerprint density at radius 1 is 1.50 bits per heavy atom. The summed E-state index contributed by atoms with van der Waals surface area (Å²) in [5.74, 6) is 0. The van der Waals surface area contributed by atoms with E-state index in [9.17, 15) is 0 Å². The maximum Gasteiger partial charge on any atom is 0.0704 e. The van der Waals surface area contributed by atoms with E-state index in [1.54, 1.807) is 0 Å². The first-order valence-electron chi connectivity index (χ1n) is 6.21. The van der Waals surface area contributed by atoms with E-state index in [0.717, 1.165) is 19.6 Å². The highest BCUT2D eigenvalue weighted by Gasteiger charge is 2.26. The third-order valence-electron chi connectivity index (χ3n) is 3.05. The van der Waals surface area contributed by atoms with Crippen LogP contribution in [0.2, 0.25) is 0 Å². The topological polar surface area (TPSA) is 25.4 Å². The van der Waals surface area contributed by atoms with Crippen molar-refractivity contribution in [1.29, 1.82) is 0 Å². The van der Waals surface area contributed by atoms with Crippen LogP contribution < -0.4 is 0 Å². The van der Waals surface area contributed by atoms with Crippen LogP contribution in [0.3, 0.4) is 0 Å². The Kier molecular flexibility index (Phi) is 4.31. The Labute approximate surface area is 97.4 Å². The van der Waals surface area contributed by atoms with Gasteiger partial charge in [-0.1, -0.05) is 25.8 Å². The molecule has 0 amide bonds. The Bertz CT molecular complexity index is 302. The van der Waals surface area contributed by atoms with Crippen molar-refractivity contribution in [2.75, 3.05) is 13.2 Å².